The molecule has 1 saturated carbocycles. The van der Waals surface area contributed by atoms with Crippen molar-refractivity contribution in [2.75, 3.05) is 41.0 Å². The molecule has 1 fully saturated rings. The highest BCUT2D eigenvalue weighted by Crippen LogP contribution is 2.40. The van der Waals surface area contributed by atoms with Crippen molar-refractivity contribution >= 4 is 15.9 Å². The van der Waals surface area contributed by atoms with Crippen LogP contribution in [0.5, 0.6) is 5.75 Å². The molecule has 0 aromatic heterocycles. The highest BCUT2D eigenvalue weighted by molar-refractivity contribution is 7.89. The van der Waals surface area contributed by atoms with Crippen LogP contribution in [0.2, 0.25) is 0 Å². The Kier molecular flexibility index (Phi) is 11.5. The molecule has 8 nitrogen and oxygen atoms in total. The van der Waals surface area contributed by atoms with Crippen molar-refractivity contribution in [3.05, 3.63) is 95.3 Å². The second kappa shape index (κ2) is 15.5. The quantitative estimate of drug-likeness (QED) is 0.260. The summed E-state index contributed by atoms with van der Waals surface area (Å²) in [5.74, 6) is 1.24. The number of nitrogens with zero attached hydrogens (tertiary/aromatic N) is 2. The SMILES string of the molecule is COc1ccc(S(=O)(=O)N2Cc3ccccc3CC2COCC(=O)NCCC2CCC(C(c3ccc(F)cc3)N(C)C)CC2)cc1. The van der Waals surface area contributed by atoms with Gasteiger partial charge in [-0.1, -0.05) is 49.2 Å². The predicted octanol–water partition coefficient (Wildman–Crippen LogP) is 5.58. The number of carbonyl (C=O) groups is 1. The summed E-state index contributed by atoms with van der Waals surface area (Å²) in [4.78, 5) is 15.1. The summed E-state index contributed by atoms with van der Waals surface area (Å²) in [7, 11) is 1.90. The predicted molar refractivity (Wildman–Crippen MR) is 176 cm³/mol. The molecule has 1 amide bonds. The minimum Gasteiger partial charge on any atom is -0.497 e. The number of halogens is 1. The Morgan fingerprint density at radius 2 is 1.65 bits per heavy atom. The zero-order valence-corrected chi connectivity index (χ0v) is 27.8. The molecule has 2 atom stereocenters. The van der Waals surface area contributed by atoms with Gasteiger partial charge in [-0.15, -0.1) is 0 Å². The molecule has 3 aromatic carbocycles. The number of hydrogen-bond acceptors (Lipinski definition) is 6. The normalized spacial score (nSPS) is 21.0. The van der Waals surface area contributed by atoms with Gasteiger partial charge < -0.3 is 19.7 Å². The second-order valence-corrected chi connectivity index (χ2v) is 14.6. The van der Waals surface area contributed by atoms with Crippen LogP contribution in [0.1, 0.15) is 54.8 Å². The summed E-state index contributed by atoms with van der Waals surface area (Å²) < 4.78 is 53.4. The average molecular weight is 652 g/mol. The summed E-state index contributed by atoms with van der Waals surface area (Å²) in [6.07, 6.45) is 5.82. The highest BCUT2D eigenvalue weighted by atomic mass is 32.2. The third kappa shape index (κ3) is 8.34. The zero-order chi connectivity index (χ0) is 32.7. The number of carbonyl (C=O) groups excluding carboxylic acids is 1. The molecular formula is C36H46FN3O5S. The lowest BCUT2D eigenvalue weighted by Crippen LogP contribution is -2.47. The van der Waals surface area contributed by atoms with E-state index in [0.717, 1.165) is 48.8 Å². The number of rotatable bonds is 13. The van der Waals surface area contributed by atoms with Crippen LogP contribution in [0.15, 0.2) is 77.7 Å². The number of amides is 1. The Balaban J connectivity index is 1.09. The molecule has 1 heterocycles. The molecule has 1 aliphatic heterocycles. The third-order valence-electron chi connectivity index (χ3n) is 9.50. The molecule has 248 valence electrons. The fourth-order valence-electron chi connectivity index (χ4n) is 7.07. The molecule has 0 saturated heterocycles. The summed E-state index contributed by atoms with van der Waals surface area (Å²) in [6, 6.07) is 20.9. The maximum Gasteiger partial charge on any atom is 0.245 e. The van der Waals surface area contributed by atoms with Crippen LogP contribution in [0.3, 0.4) is 0 Å². The van der Waals surface area contributed by atoms with E-state index in [0.29, 0.717) is 30.6 Å². The van der Waals surface area contributed by atoms with Gasteiger partial charge in [0.2, 0.25) is 15.9 Å². The minimum absolute atomic E-state index is 0.113. The van der Waals surface area contributed by atoms with Gasteiger partial charge in [-0.25, -0.2) is 12.8 Å². The first-order valence-corrected chi connectivity index (χ1v) is 17.6. The molecule has 0 radical (unpaired) electrons. The van der Waals surface area contributed by atoms with Gasteiger partial charge in [0.15, 0.2) is 0 Å². The minimum atomic E-state index is -3.81. The van der Waals surface area contributed by atoms with Gasteiger partial charge in [0.1, 0.15) is 18.2 Å². The first-order valence-electron chi connectivity index (χ1n) is 16.1. The van der Waals surface area contributed by atoms with Gasteiger partial charge in [-0.3, -0.25) is 4.79 Å². The molecule has 1 aliphatic carbocycles. The summed E-state index contributed by atoms with van der Waals surface area (Å²) in [5, 5.41) is 2.99. The highest BCUT2D eigenvalue weighted by Gasteiger charge is 2.36. The van der Waals surface area contributed by atoms with Crippen LogP contribution < -0.4 is 10.1 Å². The van der Waals surface area contributed by atoms with E-state index in [1.54, 1.807) is 43.5 Å². The number of nitrogens with one attached hydrogen (secondary N) is 1. The van der Waals surface area contributed by atoms with Gasteiger partial charge in [-0.05, 0) is 105 Å². The van der Waals surface area contributed by atoms with Crippen LogP contribution in [0.25, 0.3) is 0 Å². The van der Waals surface area contributed by atoms with E-state index in [1.807, 2.05) is 36.4 Å². The largest absolute Gasteiger partial charge is 0.497 e. The van der Waals surface area contributed by atoms with E-state index in [-0.39, 0.29) is 42.4 Å². The Morgan fingerprint density at radius 3 is 2.30 bits per heavy atom. The van der Waals surface area contributed by atoms with Gasteiger partial charge >= 0.3 is 0 Å². The Morgan fingerprint density at radius 1 is 0.978 bits per heavy atom. The smallest absolute Gasteiger partial charge is 0.245 e. The van der Waals surface area contributed by atoms with Crippen LogP contribution >= 0.6 is 0 Å². The monoisotopic (exact) mass is 651 g/mol. The number of hydrogen-bond donors (Lipinski definition) is 1. The molecule has 5 rings (SSSR count). The number of ether oxygens (including phenoxy) is 2. The summed E-state index contributed by atoms with van der Waals surface area (Å²) >= 11 is 0. The zero-order valence-electron chi connectivity index (χ0n) is 27.0. The molecule has 0 bridgehead atoms. The van der Waals surface area contributed by atoms with Crippen LogP contribution in [-0.2, 0) is 32.5 Å². The third-order valence-corrected chi connectivity index (χ3v) is 11.4. The maximum absolute atomic E-state index is 13.7. The number of methoxy groups -OCH3 is 1. The lowest BCUT2D eigenvalue weighted by atomic mass is 9.75. The van der Waals surface area contributed by atoms with Crippen LogP contribution in [-0.4, -0.2) is 70.5 Å². The Bertz CT molecular complexity index is 1540. The molecule has 10 heteroatoms. The second-order valence-electron chi connectivity index (χ2n) is 12.7. The maximum atomic E-state index is 13.7. The van der Waals surface area contributed by atoms with E-state index in [1.165, 1.54) is 4.31 Å². The van der Waals surface area contributed by atoms with Crippen molar-refractivity contribution in [3.63, 3.8) is 0 Å². The number of benzene rings is 3. The van der Waals surface area contributed by atoms with Crippen molar-refractivity contribution < 1.29 is 27.1 Å². The molecule has 1 N–H and O–H groups in total. The molecule has 0 spiro atoms. The standard InChI is InChI=1S/C36H46FN3O5S/c1-39(2)36(28-12-14-31(37)15-13-28)27-10-8-26(9-11-27)20-21-38-35(41)25-45-24-32-22-29-6-4-5-7-30(29)23-40(32)46(42,43)34-18-16-33(44-3)17-19-34/h4-7,12-19,26-27,32,36H,8-11,20-25H2,1-3H3,(H,38,41). The fourth-order valence-corrected chi connectivity index (χ4v) is 8.66. The molecule has 46 heavy (non-hydrogen) atoms. The van der Waals surface area contributed by atoms with Crippen LogP contribution in [0.4, 0.5) is 4.39 Å². The van der Waals surface area contributed by atoms with Crippen molar-refractivity contribution in [2.45, 2.75) is 62.0 Å². The lowest BCUT2D eigenvalue weighted by Gasteiger charge is -2.37. The van der Waals surface area contributed by atoms with E-state index in [2.05, 4.69) is 24.3 Å². The van der Waals surface area contributed by atoms with Gasteiger partial charge in [0.25, 0.3) is 0 Å². The Labute approximate surface area is 272 Å². The summed E-state index contributed by atoms with van der Waals surface area (Å²) in [6.45, 7) is 0.819. The first kappa shape index (κ1) is 34.0. The van der Waals surface area contributed by atoms with E-state index >= 15 is 0 Å². The lowest BCUT2D eigenvalue weighted by molar-refractivity contribution is -0.126. The molecule has 2 aliphatic rings. The van der Waals surface area contributed by atoms with E-state index < -0.39 is 16.1 Å². The van der Waals surface area contributed by atoms with Gasteiger partial charge in [0.05, 0.1) is 24.7 Å². The van der Waals surface area contributed by atoms with Crippen LogP contribution in [0, 0.1) is 17.7 Å². The van der Waals surface area contributed by atoms with Crippen molar-refractivity contribution in [2.24, 2.45) is 11.8 Å². The number of sulfonamides is 1. The summed E-state index contributed by atoms with van der Waals surface area (Å²) in [5.41, 5.74) is 3.21. The average Bonchev–Trinajstić information content (AvgIpc) is 3.06. The molecule has 2 unspecified atom stereocenters. The van der Waals surface area contributed by atoms with Crippen molar-refractivity contribution in [1.82, 2.24) is 14.5 Å². The van der Waals surface area contributed by atoms with Crippen molar-refractivity contribution in [3.8, 4) is 5.75 Å². The first-order chi connectivity index (χ1) is 22.2. The van der Waals surface area contributed by atoms with E-state index in [9.17, 15) is 17.6 Å². The fraction of sp³-hybridized carbons (Fsp3) is 0.472. The molecule has 3 aromatic rings. The molecular weight excluding hydrogens is 605 g/mol. The Hall–Kier alpha value is -3.31. The number of fused-ring (bicyclic) bond motifs is 1. The van der Waals surface area contributed by atoms with Gasteiger partial charge in [-0.2, -0.15) is 4.31 Å². The topological polar surface area (TPSA) is 88.2 Å². The van der Waals surface area contributed by atoms with Gasteiger partial charge in [0, 0.05) is 19.1 Å². The van der Waals surface area contributed by atoms with Crippen molar-refractivity contribution in [1.29, 1.82) is 0 Å². The van der Waals surface area contributed by atoms with E-state index in [4.69, 9.17) is 9.47 Å².